The van der Waals surface area contributed by atoms with Crippen LogP contribution in [0.3, 0.4) is 0 Å². The Morgan fingerprint density at radius 1 is 1.22 bits per heavy atom. The van der Waals surface area contributed by atoms with E-state index in [1.807, 2.05) is 16.4 Å². The molecule has 0 unspecified atom stereocenters. The van der Waals surface area contributed by atoms with Crippen LogP contribution in [0.15, 0.2) is 18.3 Å². The minimum absolute atomic E-state index is 0. The number of carbonyl (C=O) groups is 1. The van der Waals surface area contributed by atoms with Crippen LogP contribution >= 0.6 is 0 Å². The second-order valence-electron chi connectivity index (χ2n) is 4.92. The minimum atomic E-state index is 0. The highest BCUT2D eigenvalue weighted by Crippen LogP contribution is 2.08. The predicted octanol–water partition coefficient (Wildman–Crippen LogP) is -1.39. The van der Waals surface area contributed by atoms with E-state index in [1.165, 1.54) is 12.0 Å². The van der Waals surface area contributed by atoms with Crippen molar-refractivity contribution < 1.29 is 26.3 Å². The molecule has 1 aromatic rings. The maximum Gasteiger partial charge on any atom is 0.288 e. The van der Waals surface area contributed by atoms with Gasteiger partial charge in [-0.05, 0) is 32.3 Å². The lowest BCUT2D eigenvalue weighted by molar-refractivity contribution is -0.691. The van der Waals surface area contributed by atoms with Gasteiger partial charge in [0, 0.05) is 31.6 Å². The van der Waals surface area contributed by atoms with Gasteiger partial charge in [0.25, 0.3) is 5.91 Å². The molecule has 0 aromatic carbocycles. The summed E-state index contributed by atoms with van der Waals surface area (Å²) < 4.78 is 2.05. The van der Waals surface area contributed by atoms with Crippen molar-refractivity contribution >= 4 is 5.91 Å². The van der Waals surface area contributed by atoms with Crippen molar-refractivity contribution in [3.8, 4) is 0 Å². The Hall–Kier alpha value is -0.900. The lowest BCUT2D eigenvalue weighted by Crippen LogP contribution is -3.00. The average Bonchev–Trinajstić information content (AvgIpc) is 2.35. The molecular formula is C14H21BrN2O. The number of piperidine rings is 1. The number of pyridine rings is 1. The monoisotopic (exact) mass is 312 g/mol. The molecule has 0 aliphatic carbocycles. The van der Waals surface area contributed by atoms with E-state index in [-0.39, 0.29) is 22.9 Å². The zero-order valence-corrected chi connectivity index (χ0v) is 12.7. The highest BCUT2D eigenvalue weighted by atomic mass is 79.9. The lowest BCUT2D eigenvalue weighted by atomic mass is 10.1. The van der Waals surface area contributed by atoms with E-state index < -0.39 is 0 Å². The summed E-state index contributed by atoms with van der Waals surface area (Å²) in [6, 6.07) is 4.15. The fraction of sp³-hybridized carbons (Fsp3) is 0.571. The summed E-state index contributed by atoms with van der Waals surface area (Å²) in [5.41, 5.74) is 2.34. The summed E-state index contributed by atoms with van der Waals surface area (Å²) in [7, 11) is 0. The van der Waals surface area contributed by atoms with Crippen LogP contribution in [-0.2, 0) is 11.3 Å². The van der Waals surface area contributed by atoms with Gasteiger partial charge in [0.05, 0.1) is 0 Å². The third-order valence-corrected chi connectivity index (χ3v) is 3.41. The Bertz CT molecular complexity index is 414. The van der Waals surface area contributed by atoms with Gasteiger partial charge in [0.15, 0.2) is 11.9 Å². The first kappa shape index (κ1) is 15.2. The normalized spacial score (nSPS) is 15.1. The largest absolute Gasteiger partial charge is 1.00 e. The Morgan fingerprint density at radius 2 is 1.89 bits per heavy atom. The van der Waals surface area contributed by atoms with Gasteiger partial charge in [-0.2, -0.15) is 4.57 Å². The van der Waals surface area contributed by atoms with Gasteiger partial charge < -0.3 is 21.9 Å². The fourth-order valence-electron chi connectivity index (χ4n) is 2.30. The summed E-state index contributed by atoms with van der Waals surface area (Å²) in [4.78, 5) is 14.1. The van der Waals surface area contributed by atoms with Gasteiger partial charge in [0.1, 0.15) is 0 Å². The van der Waals surface area contributed by atoms with Crippen LogP contribution in [0.5, 0.6) is 0 Å². The van der Waals surface area contributed by atoms with Gasteiger partial charge in [-0.15, -0.1) is 0 Å². The van der Waals surface area contributed by atoms with Crippen LogP contribution in [0.2, 0.25) is 0 Å². The Balaban J connectivity index is 0.00000162. The second kappa shape index (κ2) is 6.88. The Morgan fingerprint density at radius 3 is 2.56 bits per heavy atom. The molecular weight excluding hydrogens is 292 g/mol. The molecule has 1 fully saturated rings. The smallest absolute Gasteiger partial charge is 0.288 e. The van der Waals surface area contributed by atoms with E-state index in [2.05, 4.69) is 25.3 Å². The number of aromatic nitrogens is 1. The fourth-order valence-corrected chi connectivity index (χ4v) is 2.30. The molecule has 1 saturated heterocycles. The summed E-state index contributed by atoms with van der Waals surface area (Å²) in [5, 5.41) is 0. The van der Waals surface area contributed by atoms with Crippen molar-refractivity contribution in [2.75, 3.05) is 13.1 Å². The van der Waals surface area contributed by atoms with E-state index in [1.54, 1.807) is 0 Å². The van der Waals surface area contributed by atoms with Crippen LogP contribution in [0.1, 0.15) is 30.5 Å². The standard InChI is InChI=1S/C14H21N2O.BrH/c1-12-6-7-13(2)16(10-12)11-14(17)15-8-4-3-5-9-15;/h6-7,10H,3-5,8-9,11H2,1-2H3;1H/q+1;/p-1. The first-order valence-electron chi connectivity index (χ1n) is 6.41. The first-order valence-corrected chi connectivity index (χ1v) is 6.41. The van der Waals surface area contributed by atoms with Crippen molar-refractivity contribution in [1.29, 1.82) is 0 Å². The number of likely N-dealkylation sites (tertiary alicyclic amines) is 1. The van der Waals surface area contributed by atoms with E-state index in [0.717, 1.165) is 31.6 Å². The van der Waals surface area contributed by atoms with Crippen LogP contribution in [0.4, 0.5) is 0 Å². The van der Waals surface area contributed by atoms with E-state index in [0.29, 0.717) is 6.54 Å². The maximum absolute atomic E-state index is 12.1. The summed E-state index contributed by atoms with van der Waals surface area (Å²) in [6.45, 7) is 6.45. The topological polar surface area (TPSA) is 24.2 Å². The van der Waals surface area contributed by atoms with Gasteiger partial charge in [-0.1, -0.05) is 0 Å². The molecule has 0 bridgehead atoms. The van der Waals surface area contributed by atoms with Crippen molar-refractivity contribution in [3.05, 3.63) is 29.6 Å². The maximum atomic E-state index is 12.1. The zero-order valence-electron chi connectivity index (χ0n) is 11.2. The molecule has 2 heterocycles. The summed E-state index contributed by atoms with van der Waals surface area (Å²) in [5.74, 6) is 0.253. The lowest BCUT2D eigenvalue weighted by Gasteiger charge is -2.25. The third kappa shape index (κ3) is 3.80. The molecule has 0 N–H and O–H groups in total. The molecule has 3 nitrogen and oxygen atoms in total. The first-order chi connectivity index (χ1) is 8.16. The number of amides is 1. The molecule has 2 rings (SSSR count). The SMILES string of the molecule is Cc1ccc(C)[n+](CC(=O)N2CCCCC2)c1.[Br-]. The molecule has 0 radical (unpaired) electrons. The number of rotatable bonds is 2. The summed E-state index contributed by atoms with van der Waals surface area (Å²) >= 11 is 0. The van der Waals surface area contributed by atoms with E-state index in [9.17, 15) is 4.79 Å². The van der Waals surface area contributed by atoms with Gasteiger partial charge in [0.2, 0.25) is 6.54 Å². The minimum Gasteiger partial charge on any atom is -1.00 e. The molecule has 0 saturated carbocycles. The highest BCUT2D eigenvalue weighted by molar-refractivity contribution is 5.74. The molecule has 100 valence electrons. The molecule has 18 heavy (non-hydrogen) atoms. The van der Waals surface area contributed by atoms with E-state index >= 15 is 0 Å². The van der Waals surface area contributed by atoms with Crippen LogP contribution in [-0.4, -0.2) is 23.9 Å². The number of halogens is 1. The third-order valence-electron chi connectivity index (χ3n) is 3.41. The number of nitrogens with zero attached hydrogens (tertiary/aromatic N) is 2. The van der Waals surface area contributed by atoms with Gasteiger partial charge in [-0.3, -0.25) is 4.79 Å². The number of aryl methyl sites for hydroxylation is 2. The Kier molecular flexibility index (Phi) is 5.79. The Labute approximate surface area is 120 Å². The van der Waals surface area contributed by atoms with Gasteiger partial charge >= 0.3 is 0 Å². The summed E-state index contributed by atoms with van der Waals surface area (Å²) in [6.07, 6.45) is 5.63. The molecule has 1 aliphatic heterocycles. The number of hydrogen-bond donors (Lipinski definition) is 0. The molecule has 1 aliphatic rings. The van der Waals surface area contributed by atoms with Crippen LogP contribution < -0.4 is 21.5 Å². The van der Waals surface area contributed by atoms with E-state index in [4.69, 9.17) is 0 Å². The van der Waals surface area contributed by atoms with Crippen molar-refractivity contribution in [2.45, 2.75) is 39.7 Å². The molecule has 4 heteroatoms. The predicted molar refractivity (Wildman–Crippen MR) is 66.5 cm³/mol. The van der Waals surface area contributed by atoms with Gasteiger partial charge in [-0.25, -0.2) is 0 Å². The molecule has 0 atom stereocenters. The molecule has 1 aromatic heterocycles. The van der Waals surface area contributed by atoms with Crippen LogP contribution in [0.25, 0.3) is 0 Å². The highest BCUT2D eigenvalue weighted by Gasteiger charge is 2.20. The number of hydrogen-bond acceptors (Lipinski definition) is 1. The van der Waals surface area contributed by atoms with Crippen molar-refractivity contribution in [1.82, 2.24) is 4.90 Å². The zero-order chi connectivity index (χ0) is 12.3. The second-order valence-corrected chi connectivity index (χ2v) is 4.92. The molecule has 1 amide bonds. The number of carbonyl (C=O) groups excluding carboxylic acids is 1. The van der Waals surface area contributed by atoms with Crippen LogP contribution in [0, 0.1) is 13.8 Å². The average molecular weight is 313 g/mol. The van der Waals surface area contributed by atoms with Crippen molar-refractivity contribution in [3.63, 3.8) is 0 Å². The quantitative estimate of drug-likeness (QED) is 0.617. The molecule has 0 spiro atoms. The van der Waals surface area contributed by atoms with Crippen molar-refractivity contribution in [2.24, 2.45) is 0 Å².